The highest BCUT2D eigenvalue weighted by Crippen LogP contribution is 2.32. The lowest BCUT2D eigenvalue weighted by atomic mass is 9.95. The molecule has 5 rings (SSSR count). The normalized spacial score (nSPS) is 17.2. The summed E-state index contributed by atoms with van der Waals surface area (Å²) in [6.07, 6.45) is 1.87. The van der Waals surface area contributed by atoms with Gasteiger partial charge < -0.3 is 9.88 Å². The summed E-state index contributed by atoms with van der Waals surface area (Å²) in [5, 5.41) is 1.49. The minimum absolute atomic E-state index is 0.00113. The number of H-pyrrole nitrogens is 1. The topological polar surface area (TPSA) is 39.3 Å². The predicted molar refractivity (Wildman–Crippen MR) is 130 cm³/mol. The number of carbonyl (C=O) groups excluding carboxylic acids is 1. The summed E-state index contributed by atoms with van der Waals surface area (Å²) in [7, 11) is 0. The molecule has 32 heavy (non-hydrogen) atoms. The van der Waals surface area contributed by atoms with Crippen molar-refractivity contribution in [3.05, 3.63) is 107 Å². The molecule has 2 heterocycles. The molecule has 4 nitrogen and oxygen atoms in total. The second-order valence-electron chi connectivity index (χ2n) is 8.46. The Kier molecular flexibility index (Phi) is 5.73. The number of piperazine rings is 1. The predicted octanol–water partition coefficient (Wildman–Crippen LogP) is 5.76. The van der Waals surface area contributed by atoms with E-state index in [1.165, 1.54) is 11.1 Å². The van der Waals surface area contributed by atoms with Crippen molar-refractivity contribution in [3.8, 4) is 0 Å². The van der Waals surface area contributed by atoms with E-state index in [2.05, 4.69) is 77.5 Å². The second kappa shape index (κ2) is 8.81. The van der Waals surface area contributed by atoms with Crippen LogP contribution < -0.4 is 0 Å². The summed E-state index contributed by atoms with van der Waals surface area (Å²) < 4.78 is 0. The van der Waals surface area contributed by atoms with Crippen molar-refractivity contribution in [1.82, 2.24) is 14.8 Å². The molecule has 0 bridgehead atoms. The van der Waals surface area contributed by atoms with Gasteiger partial charge in [0.15, 0.2) is 0 Å². The average Bonchev–Trinajstić information content (AvgIpc) is 3.27. The van der Waals surface area contributed by atoms with Crippen molar-refractivity contribution in [2.75, 3.05) is 19.6 Å². The molecule has 1 unspecified atom stereocenters. The Hall–Kier alpha value is -3.08. The van der Waals surface area contributed by atoms with Gasteiger partial charge in [-0.3, -0.25) is 9.69 Å². The van der Waals surface area contributed by atoms with Gasteiger partial charge in [0.25, 0.3) is 5.91 Å². The van der Waals surface area contributed by atoms with Crippen LogP contribution in [0.5, 0.6) is 0 Å². The number of nitrogens with one attached hydrogen (secondary N) is 1. The van der Waals surface area contributed by atoms with Crippen molar-refractivity contribution >= 4 is 28.4 Å². The van der Waals surface area contributed by atoms with E-state index in [-0.39, 0.29) is 18.0 Å². The van der Waals surface area contributed by atoms with Crippen LogP contribution in [0.2, 0.25) is 5.02 Å². The maximum Gasteiger partial charge on any atom is 0.255 e. The molecule has 1 N–H and O–H groups in total. The third-order valence-electron chi connectivity index (χ3n) is 6.39. The summed E-state index contributed by atoms with van der Waals surface area (Å²) in [5.74, 6) is 0.00113. The Labute approximate surface area is 193 Å². The number of hydrogen-bond donors (Lipinski definition) is 1. The van der Waals surface area contributed by atoms with Crippen molar-refractivity contribution in [2.24, 2.45) is 0 Å². The Morgan fingerprint density at radius 1 is 0.969 bits per heavy atom. The Bertz CT molecular complexity index is 1180. The van der Waals surface area contributed by atoms with Crippen molar-refractivity contribution in [2.45, 2.75) is 19.0 Å². The molecule has 0 radical (unpaired) electrons. The number of hydrogen-bond acceptors (Lipinski definition) is 2. The fourth-order valence-electron chi connectivity index (χ4n) is 4.80. The van der Waals surface area contributed by atoms with Crippen LogP contribution in [0, 0.1) is 0 Å². The summed E-state index contributed by atoms with van der Waals surface area (Å²) in [6.45, 7) is 4.39. The maximum absolute atomic E-state index is 13.4. The lowest BCUT2D eigenvalue weighted by molar-refractivity contribution is 0.0428. The standard InChI is InChI=1S/C27H26ClN3O/c1-19-18-30(26(20-8-4-2-5-9-20)21-10-6-3-7-11-21)14-15-31(19)27(32)23-16-22-12-13-29-25(22)17-24(23)28/h2-13,16-17,19,26,29H,14-15,18H2,1H3. The third-order valence-corrected chi connectivity index (χ3v) is 6.70. The number of halogens is 1. The van der Waals surface area contributed by atoms with Crippen LogP contribution in [0.15, 0.2) is 85.1 Å². The van der Waals surface area contributed by atoms with Gasteiger partial charge in [0.2, 0.25) is 0 Å². The molecule has 1 aliphatic rings. The van der Waals surface area contributed by atoms with E-state index in [0.717, 1.165) is 24.0 Å². The molecule has 1 saturated heterocycles. The third kappa shape index (κ3) is 3.92. The highest BCUT2D eigenvalue weighted by atomic mass is 35.5. The van der Waals surface area contributed by atoms with E-state index < -0.39 is 0 Å². The van der Waals surface area contributed by atoms with E-state index in [1.54, 1.807) is 0 Å². The lowest BCUT2D eigenvalue weighted by Crippen LogP contribution is -2.54. The molecule has 1 atom stereocenters. The minimum atomic E-state index is 0.00113. The molecule has 1 fully saturated rings. The number of aromatic nitrogens is 1. The van der Waals surface area contributed by atoms with Gasteiger partial charge in [-0.1, -0.05) is 72.3 Å². The molecule has 1 aromatic heterocycles. The first-order valence-corrected chi connectivity index (χ1v) is 11.4. The van der Waals surface area contributed by atoms with Crippen LogP contribution in [0.25, 0.3) is 10.9 Å². The molecule has 3 aromatic carbocycles. The van der Waals surface area contributed by atoms with Crippen molar-refractivity contribution in [1.29, 1.82) is 0 Å². The molecule has 0 aliphatic carbocycles. The SMILES string of the molecule is CC1CN(C(c2ccccc2)c2ccccc2)CCN1C(=O)c1cc2cc[nH]c2cc1Cl. The molecular formula is C27H26ClN3O. The highest BCUT2D eigenvalue weighted by molar-refractivity contribution is 6.34. The molecular weight excluding hydrogens is 418 g/mol. The Balaban J connectivity index is 1.40. The van der Waals surface area contributed by atoms with Crippen LogP contribution in [-0.2, 0) is 0 Å². The summed E-state index contributed by atoms with van der Waals surface area (Å²) in [5.41, 5.74) is 4.05. The lowest BCUT2D eigenvalue weighted by Gasteiger charge is -2.43. The van der Waals surface area contributed by atoms with Crippen molar-refractivity contribution in [3.63, 3.8) is 0 Å². The summed E-state index contributed by atoms with van der Waals surface area (Å²) in [4.78, 5) is 21.0. The highest BCUT2D eigenvalue weighted by Gasteiger charge is 2.33. The van der Waals surface area contributed by atoms with Gasteiger partial charge in [-0.15, -0.1) is 0 Å². The zero-order chi connectivity index (χ0) is 22.1. The molecule has 1 amide bonds. The van der Waals surface area contributed by atoms with E-state index in [9.17, 15) is 4.79 Å². The van der Waals surface area contributed by atoms with Crippen molar-refractivity contribution < 1.29 is 4.79 Å². The van der Waals surface area contributed by atoms with E-state index in [4.69, 9.17) is 11.6 Å². The molecule has 4 aromatic rings. The fourth-order valence-corrected chi connectivity index (χ4v) is 5.04. The fraction of sp³-hybridized carbons (Fsp3) is 0.222. The van der Waals surface area contributed by atoms with Gasteiger partial charge >= 0.3 is 0 Å². The second-order valence-corrected chi connectivity index (χ2v) is 8.87. The van der Waals surface area contributed by atoms with E-state index >= 15 is 0 Å². The molecule has 0 saturated carbocycles. The largest absolute Gasteiger partial charge is 0.361 e. The number of carbonyl (C=O) groups is 1. The van der Waals surface area contributed by atoms with Crippen LogP contribution in [-0.4, -0.2) is 46.4 Å². The molecule has 162 valence electrons. The maximum atomic E-state index is 13.4. The zero-order valence-electron chi connectivity index (χ0n) is 18.0. The smallest absolute Gasteiger partial charge is 0.255 e. The zero-order valence-corrected chi connectivity index (χ0v) is 18.8. The van der Waals surface area contributed by atoms with Crippen LogP contribution in [0.3, 0.4) is 0 Å². The van der Waals surface area contributed by atoms with Crippen LogP contribution in [0.1, 0.15) is 34.5 Å². The monoisotopic (exact) mass is 443 g/mol. The number of amides is 1. The first-order chi connectivity index (χ1) is 15.6. The minimum Gasteiger partial charge on any atom is -0.361 e. The average molecular weight is 444 g/mol. The quantitative estimate of drug-likeness (QED) is 0.435. The molecule has 5 heteroatoms. The molecule has 1 aliphatic heterocycles. The van der Waals surface area contributed by atoms with Gasteiger partial charge in [0, 0.05) is 42.8 Å². The van der Waals surface area contributed by atoms with Gasteiger partial charge in [-0.25, -0.2) is 0 Å². The van der Waals surface area contributed by atoms with Crippen LogP contribution >= 0.6 is 11.6 Å². The van der Waals surface area contributed by atoms with Gasteiger partial charge in [-0.2, -0.15) is 0 Å². The first-order valence-electron chi connectivity index (χ1n) is 11.0. The van der Waals surface area contributed by atoms with Gasteiger partial charge in [0.1, 0.15) is 0 Å². The number of rotatable bonds is 4. The number of benzene rings is 3. The number of nitrogens with zero attached hydrogens (tertiary/aromatic N) is 2. The summed E-state index contributed by atoms with van der Waals surface area (Å²) >= 11 is 6.48. The van der Waals surface area contributed by atoms with Gasteiger partial charge in [0.05, 0.1) is 16.6 Å². The first kappa shape index (κ1) is 20.8. The van der Waals surface area contributed by atoms with E-state index in [1.807, 2.05) is 29.3 Å². The Morgan fingerprint density at radius 3 is 2.25 bits per heavy atom. The van der Waals surface area contributed by atoms with Crippen LogP contribution in [0.4, 0.5) is 0 Å². The number of fused-ring (bicyclic) bond motifs is 1. The Morgan fingerprint density at radius 2 is 1.62 bits per heavy atom. The van der Waals surface area contributed by atoms with Gasteiger partial charge in [-0.05, 0) is 36.2 Å². The number of aromatic amines is 1. The van der Waals surface area contributed by atoms with E-state index in [0.29, 0.717) is 17.1 Å². The summed E-state index contributed by atoms with van der Waals surface area (Å²) in [6, 6.07) is 27.1. The molecule has 0 spiro atoms.